The average molecular weight is 294 g/mol. The lowest BCUT2D eigenvalue weighted by atomic mass is 10.2. The summed E-state index contributed by atoms with van der Waals surface area (Å²) in [5, 5.41) is 1.27. The molecule has 0 aliphatic carbocycles. The van der Waals surface area contributed by atoms with Crippen molar-refractivity contribution >= 4 is 26.8 Å². The van der Waals surface area contributed by atoms with Gasteiger partial charge < -0.3 is 4.74 Å². The van der Waals surface area contributed by atoms with Gasteiger partial charge in [0.25, 0.3) is 0 Å². The summed E-state index contributed by atoms with van der Waals surface area (Å²) in [5.74, 6) is -0.613. The van der Waals surface area contributed by atoms with E-state index in [4.69, 9.17) is 0 Å². The first kappa shape index (κ1) is 14.4. The third-order valence-electron chi connectivity index (χ3n) is 2.64. The fraction of sp³-hybridized carbons (Fsp3) is 0.231. The molecule has 0 aliphatic heterocycles. The number of hydrogen-bond donors (Lipinski definition) is 1. The van der Waals surface area contributed by atoms with Gasteiger partial charge in [-0.15, -0.1) is 0 Å². The highest BCUT2D eigenvalue weighted by Crippen LogP contribution is 2.21. The van der Waals surface area contributed by atoms with E-state index in [-0.39, 0.29) is 11.5 Å². The minimum atomic E-state index is -3.78. The van der Waals surface area contributed by atoms with Crippen LogP contribution in [0.2, 0.25) is 0 Å². The second kappa shape index (κ2) is 5.98. The van der Waals surface area contributed by atoms with Crippen LogP contribution in [-0.2, 0) is 19.6 Å². The highest BCUT2D eigenvalue weighted by Gasteiger charge is 2.18. The van der Waals surface area contributed by atoms with Gasteiger partial charge in [0.2, 0.25) is 10.0 Å². The average Bonchev–Trinajstić information content (AvgIpc) is 2.45. The van der Waals surface area contributed by atoms with Gasteiger partial charge in [-0.2, -0.15) is 4.72 Å². The molecule has 1 N–H and O–H groups in total. The number of nitrogens with one attached hydrogen (secondary N) is 1. The van der Waals surface area contributed by atoms with Gasteiger partial charge in [0, 0.05) is 23.2 Å². The van der Waals surface area contributed by atoms with E-state index in [1.807, 2.05) is 0 Å². The van der Waals surface area contributed by atoms with E-state index >= 15 is 0 Å². The topological polar surface area (TPSA) is 85.4 Å². The van der Waals surface area contributed by atoms with Gasteiger partial charge in [-0.05, 0) is 19.1 Å². The number of nitrogens with zero attached hydrogens (tertiary/aromatic N) is 1. The molecule has 0 saturated heterocycles. The number of rotatable bonds is 5. The number of ether oxygens (including phenoxy) is 1. The van der Waals surface area contributed by atoms with Crippen molar-refractivity contribution in [3.8, 4) is 0 Å². The largest absolute Gasteiger partial charge is 0.465 e. The van der Waals surface area contributed by atoms with E-state index in [0.29, 0.717) is 10.8 Å². The minimum Gasteiger partial charge on any atom is -0.465 e. The van der Waals surface area contributed by atoms with Crippen molar-refractivity contribution in [2.45, 2.75) is 11.8 Å². The van der Waals surface area contributed by atoms with E-state index in [2.05, 4.69) is 14.4 Å². The molecule has 6 nitrogen and oxygen atoms in total. The Bertz CT molecular complexity index is 723. The Morgan fingerprint density at radius 2 is 2.15 bits per heavy atom. The van der Waals surface area contributed by atoms with Crippen molar-refractivity contribution in [3.63, 3.8) is 0 Å². The first-order valence-corrected chi connectivity index (χ1v) is 7.51. The SMILES string of the molecule is CCOC(=O)CNS(=O)(=O)c1cccc2cnccc12. The summed E-state index contributed by atoms with van der Waals surface area (Å²) in [6, 6.07) is 6.50. The Hall–Kier alpha value is -1.99. The van der Waals surface area contributed by atoms with Crippen molar-refractivity contribution < 1.29 is 17.9 Å². The second-order valence-electron chi connectivity index (χ2n) is 3.98. The Kier molecular flexibility index (Phi) is 4.31. The quantitative estimate of drug-likeness (QED) is 0.834. The normalized spacial score (nSPS) is 11.4. The van der Waals surface area contributed by atoms with Crippen LogP contribution in [0.5, 0.6) is 0 Å². The molecule has 0 radical (unpaired) electrons. The first-order valence-electron chi connectivity index (χ1n) is 6.02. The highest BCUT2D eigenvalue weighted by molar-refractivity contribution is 7.89. The lowest BCUT2D eigenvalue weighted by molar-refractivity contribution is -0.141. The summed E-state index contributed by atoms with van der Waals surface area (Å²) in [6.07, 6.45) is 3.10. The third-order valence-corrected chi connectivity index (χ3v) is 4.10. The number of sulfonamides is 1. The number of pyridine rings is 1. The molecule has 2 aromatic rings. The van der Waals surface area contributed by atoms with E-state index in [9.17, 15) is 13.2 Å². The van der Waals surface area contributed by atoms with Gasteiger partial charge in [0.1, 0.15) is 6.54 Å². The molecule has 1 heterocycles. The lowest BCUT2D eigenvalue weighted by Gasteiger charge is -2.09. The Balaban J connectivity index is 2.30. The van der Waals surface area contributed by atoms with Crippen LogP contribution in [0.3, 0.4) is 0 Å². The van der Waals surface area contributed by atoms with E-state index < -0.39 is 22.5 Å². The van der Waals surface area contributed by atoms with Crippen molar-refractivity contribution in [3.05, 3.63) is 36.7 Å². The molecular weight excluding hydrogens is 280 g/mol. The molecule has 0 atom stereocenters. The molecule has 2 rings (SSSR count). The molecule has 1 aromatic heterocycles. The summed E-state index contributed by atoms with van der Waals surface area (Å²) >= 11 is 0. The number of esters is 1. The number of carbonyl (C=O) groups is 1. The van der Waals surface area contributed by atoms with Crippen LogP contribution < -0.4 is 4.72 Å². The molecule has 0 aliphatic rings. The summed E-state index contributed by atoms with van der Waals surface area (Å²) < 4.78 is 31.3. The van der Waals surface area contributed by atoms with Crippen LogP contribution in [-0.4, -0.2) is 32.5 Å². The molecule has 0 fully saturated rings. The van der Waals surface area contributed by atoms with E-state index in [0.717, 1.165) is 0 Å². The second-order valence-corrected chi connectivity index (χ2v) is 5.72. The van der Waals surface area contributed by atoms with Crippen molar-refractivity contribution in [2.24, 2.45) is 0 Å². The van der Waals surface area contributed by atoms with Gasteiger partial charge in [0.15, 0.2) is 0 Å². The zero-order valence-corrected chi connectivity index (χ0v) is 11.7. The summed E-state index contributed by atoms with van der Waals surface area (Å²) in [5.41, 5.74) is 0. The standard InChI is InChI=1S/C13H14N2O4S/c1-2-19-13(16)9-15-20(17,18)12-5-3-4-10-8-14-7-6-11(10)12/h3-8,15H,2,9H2,1H3. The zero-order valence-electron chi connectivity index (χ0n) is 10.9. The van der Waals surface area contributed by atoms with Gasteiger partial charge >= 0.3 is 5.97 Å². The third kappa shape index (κ3) is 3.12. The van der Waals surface area contributed by atoms with E-state index in [1.165, 1.54) is 12.3 Å². The fourth-order valence-corrected chi connectivity index (χ4v) is 2.97. The molecule has 0 unspecified atom stereocenters. The summed E-state index contributed by atoms with van der Waals surface area (Å²) in [4.78, 5) is 15.3. The summed E-state index contributed by atoms with van der Waals surface area (Å²) in [7, 11) is -3.78. The van der Waals surface area contributed by atoms with Gasteiger partial charge in [-0.25, -0.2) is 8.42 Å². The van der Waals surface area contributed by atoms with E-state index in [1.54, 1.807) is 31.3 Å². The maximum atomic E-state index is 12.2. The molecule has 1 aromatic carbocycles. The number of benzene rings is 1. The van der Waals surface area contributed by atoms with Gasteiger partial charge in [0.05, 0.1) is 11.5 Å². The predicted molar refractivity (Wildman–Crippen MR) is 73.6 cm³/mol. The van der Waals surface area contributed by atoms with Crippen LogP contribution >= 0.6 is 0 Å². The van der Waals surface area contributed by atoms with Crippen molar-refractivity contribution in [2.75, 3.05) is 13.2 Å². The van der Waals surface area contributed by atoms with Crippen molar-refractivity contribution in [1.29, 1.82) is 0 Å². The predicted octanol–water partition coefficient (Wildman–Crippen LogP) is 1.08. The molecular formula is C13H14N2O4S. The smallest absolute Gasteiger partial charge is 0.321 e. The number of aromatic nitrogens is 1. The molecule has 106 valence electrons. The monoisotopic (exact) mass is 294 g/mol. The van der Waals surface area contributed by atoms with Crippen LogP contribution in [0.4, 0.5) is 0 Å². The number of fused-ring (bicyclic) bond motifs is 1. The van der Waals surface area contributed by atoms with Gasteiger partial charge in [-0.1, -0.05) is 12.1 Å². The molecule has 0 bridgehead atoms. The van der Waals surface area contributed by atoms with Crippen LogP contribution in [0.25, 0.3) is 10.8 Å². The highest BCUT2D eigenvalue weighted by atomic mass is 32.2. The van der Waals surface area contributed by atoms with Crippen LogP contribution in [0, 0.1) is 0 Å². The first-order chi connectivity index (χ1) is 9.54. The Morgan fingerprint density at radius 1 is 1.35 bits per heavy atom. The maximum Gasteiger partial charge on any atom is 0.321 e. The minimum absolute atomic E-state index is 0.113. The van der Waals surface area contributed by atoms with Crippen LogP contribution in [0.1, 0.15) is 6.92 Å². The molecule has 7 heteroatoms. The van der Waals surface area contributed by atoms with Gasteiger partial charge in [-0.3, -0.25) is 9.78 Å². The maximum absolute atomic E-state index is 12.2. The van der Waals surface area contributed by atoms with Crippen molar-refractivity contribution in [1.82, 2.24) is 9.71 Å². The molecule has 0 spiro atoms. The molecule has 20 heavy (non-hydrogen) atoms. The van der Waals surface area contributed by atoms with Crippen LogP contribution in [0.15, 0.2) is 41.6 Å². The Labute approximate surface area is 116 Å². The molecule has 0 amide bonds. The number of hydrogen-bond acceptors (Lipinski definition) is 5. The number of carbonyl (C=O) groups excluding carboxylic acids is 1. The lowest BCUT2D eigenvalue weighted by Crippen LogP contribution is -2.30. The molecule has 0 saturated carbocycles. The summed E-state index contributed by atoms with van der Waals surface area (Å²) in [6.45, 7) is 1.47. The fourth-order valence-electron chi connectivity index (χ4n) is 1.77. The zero-order chi connectivity index (χ0) is 14.6. The Morgan fingerprint density at radius 3 is 2.90 bits per heavy atom.